The van der Waals surface area contributed by atoms with Crippen molar-refractivity contribution < 1.29 is 39.4 Å². The van der Waals surface area contributed by atoms with Gasteiger partial charge >= 0.3 is 0 Å². The van der Waals surface area contributed by atoms with Gasteiger partial charge in [-0.2, -0.15) is 0 Å². The standard InChI is InChI=1S/C10H20O8/c1-5-18-10(15,8(13,6-11)16-3)9(14,17-4)7(2)12/h6-7,12-15H,5H2,1-4H3. The van der Waals surface area contributed by atoms with Gasteiger partial charge in [0, 0.05) is 20.8 Å². The van der Waals surface area contributed by atoms with Crippen LogP contribution in [0.5, 0.6) is 0 Å². The van der Waals surface area contributed by atoms with Gasteiger partial charge in [-0.1, -0.05) is 0 Å². The Bertz CT molecular complexity index is 283. The summed E-state index contributed by atoms with van der Waals surface area (Å²) in [5, 5.41) is 39.7. The molecule has 0 aromatic rings. The molecule has 0 radical (unpaired) electrons. The average Bonchev–Trinajstić information content (AvgIpc) is 2.36. The lowest BCUT2D eigenvalue weighted by Gasteiger charge is -2.47. The molecule has 18 heavy (non-hydrogen) atoms. The third-order valence-corrected chi connectivity index (χ3v) is 2.67. The minimum absolute atomic E-state index is 0.172. The molecule has 0 heterocycles. The van der Waals surface area contributed by atoms with E-state index in [1.54, 1.807) is 0 Å². The minimum Gasteiger partial charge on any atom is -0.388 e. The van der Waals surface area contributed by atoms with Gasteiger partial charge in [-0.3, -0.25) is 4.79 Å². The van der Waals surface area contributed by atoms with Crippen LogP contribution in [0.15, 0.2) is 0 Å². The maximum Gasteiger partial charge on any atom is 0.287 e. The Morgan fingerprint density at radius 3 is 1.94 bits per heavy atom. The van der Waals surface area contributed by atoms with Crippen LogP contribution in [0, 0.1) is 0 Å². The molecule has 4 atom stereocenters. The summed E-state index contributed by atoms with van der Waals surface area (Å²) in [6.07, 6.45) is -1.87. The Kier molecular flexibility index (Phi) is 5.82. The van der Waals surface area contributed by atoms with Gasteiger partial charge in [0.1, 0.15) is 6.10 Å². The van der Waals surface area contributed by atoms with E-state index in [9.17, 15) is 25.2 Å². The molecule has 0 aliphatic carbocycles. The predicted octanol–water partition coefficient (Wildman–Crippen LogP) is -2.04. The van der Waals surface area contributed by atoms with Crippen molar-refractivity contribution in [1.82, 2.24) is 0 Å². The Morgan fingerprint density at radius 1 is 1.22 bits per heavy atom. The van der Waals surface area contributed by atoms with E-state index in [1.165, 1.54) is 6.92 Å². The molecule has 0 spiro atoms. The molecule has 0 fully saturated rings. The van der Waals surface area contributed by atoms with Crippen LogP contribution in [0.3, 0.4) is 0 Å². The number of hydrogen-bond donors (Lipinski definition) is 4. The van der Waals surface area contributed by atoms with Gasteiger partial charge in [-0.25, -0.2) is 0 Å². The quantitative estimate of drug-likeness (QED) is 0.293. The lowest BCUT2D eigenvalue weighted by atomic mass is 9.92. The summed E-state index contributed by atoms with van der Waals surface area (Å²) in [5.74, 6) is -8.73. The van der Waals surface area contributed by atoms with Crippen molar-refractivity contribution in [1.29, 1.82) is 0 Å². The first-order chi connectivity index (χ1) is 8.19. The van der Waals surface area contributed by atoms with E-state index in [1.807, 2.05) is 0 Å². The van der Waals surface area contributed by atoms with Crippen molar-refractivity contribution >= 4 is 6.29 Å². The van der Waals surface area contributed by atoms with Crippen molar-refractivity contribution in [2.75, 3.05) is 20.8 Å². The summed E-state index contributed by atoms with van der Waals surface area (Å²) in [7, 11) is 1.87. The molecule has 8 heteroatoms. The molecule has 4 unspecified atom stereocenters. The fraction of sp³-hybridized carbons (Fsp3) is 0.900. The molecule has 0 rings (SSSR count). The fourth-order valence-corrected chi connectivity index (χ4v) is 1.53. The molecular weight excluding hydrogens is 248 g/mol. The van der Waals surface area contributed by atoms with E-state index < -0.39 is 23.5 Å². The molecule has 4 N–H and O–H groups in total. The molecule has 108 valence electrons. The Morgan fingerprint density at radius 2 is 1.72 bits per heavy atom. The Balaban J connectivity index is 5.85. The average molecular weight is 268 g/mol. The predicted molar refractivity (Wildman–Crippen MR) is 58.2 cm³/mol. The summed E-state index contributed by atoms with van der Waals surface area (Å²) >= 11 is 0. The highest BCUT2D eigenvalue weighted by molar-refractivity contribution is 5.62. The van der Waals surface area contributed by atoms with Crippen LogP contribution in [0.2, 0.25) is 0 Å². The van der Waals surface area contributed by atoms with Gasteiger partial charge in [-0.05, 0) is 13.8 Å². The fourth-order valence-electron chi connectivity index (χ4n) is 1.53. The summed E-state index contributed by atoms with van der Waals surface area (Å²) in [6, 6.07) is 0. The molecule has 0 bridgehead atoms. The van der Waals surface area contributed by atoms with E-state index in [0.29, 0.717) is 0 Å². The highest BCUT2D eigenvalue weighted by atomic mass is 16.8. The summed E-state index contributed by atoms with van der Waals surface area (Å²) < 4.78 is 13.9. The maximum atomic E-state index is 10.9. The smallest absolute Gasteiger partial charge is 0.287 e. The van der Waals surface area contributed by atoms with Crippen molar-refractivity contribution in [3.8, 4) is 0 Å². The zero-order valence-electron chi connectivity index (χ0n) is 10.8. The van der Waals surface area contributed by atoms with Gasteiger partial charge in [0.05, 0.1) is 0 Å². The zero-order chi connectivity index (χ0) is 14.6. The Hall–Kier alpha value is -0.610. The van der Waals surface area contributed by atoms with Crippen molar-refractivity contribution in [2.24, 2.45) is 0 Å². The summed E-state index contributed by atoms with van der Waals surface area (Å²) in [5.41, 5.74) is 0. The number of aliphatic hydroxyl groups excluding tert-OH is 1. The van der Waals surface area contributed by atoms with E-state index in [2.05, 4.69) is 9.47 Å². The number of carbonyl (C=O) groups is 1. The SMILES string of the molecule is CCOC(O)(C(O)(C=O)OC)C(O)(OC)C(C)O. The molecule has 8 nitrogen and oxygen atoms in total. The number of aldehydes is 1. The lowest BCUT2D eigenvalue weighted by molar-refractivity contribution is -0.466. The zero-order valence-corrected chi connectivity index (χ0v) is 10.8. The van der Waals surface area contributed by atoms with Gasteiger partial charge in [0.25, 0.3) is 17.4 Å². The topological polar surface area (TPSA) is 126 Å². The molecule has 0 saturated heterocycles. The number of carbonyl (C=O) groups excluding carboxylic acids is 1. The van der Waals surface area contributed by atoms with Crippen LogP contribution >= 0.6 is 0 Å². The molecular formula is C10H20O8. The highest BCUT2D eigenvalue weighted by Gasteiger charge is 2.68. The van der Waals surface area contributed by atoms with Crippen molar-refractivity contribution in [3.63, 3.8) is 0 Å². The molecule has 0 saturated carbocycles. The maximum absolute atomic E-state index is 10.9. The second-order valence-corrected chi connectivity index (χ2v) is 3.67. The summed E-state index contributed by atoms with van der Waals surface area (Å²) in [6.45, 7) is 2.31. The van der Waals surface area contributed by atoms with Crippen molar-refractivity contribution in [3.05, 3.63) is 0 Å². The number of rotatable bonds is 8. The second kappa shape index (κ2) is 6.02. The third-order valence-electron chi connectivity index (χ3n) is 2.67. The number of hydrogen-bond acceptors (Lipinski definition) is 8. The minimum atomic E-state index is -3.02. The third kappa shape index (κ3) is 2.41. The van der Waals surface area contributed by atoms with Crippen molar-refractivity contribution in [2.45, 2.75) is 37.3 Å². The molecule has 0 aliphatic rings. The van der Waals surface area contributed by atoms with Crippen LogP contribution in [0.1, 0.15) is 13.8 Å². The molecule has 0 aromatic carbocycles. The largest absolute Gasteiger partial charge is 0.388 e. The van der Waals surface area contributed by atoms with E-state index in [4.69, 9.17) is 4.74 Å². The van der Waals surface area contributed by atoms with Crippen LogP contribution in [-0.2, 0) is 19.0 Å². The van der Waals surface area contributed by atoms with Crippen LogP contribution in [-0.4, -0.2) is 71.0 Å². The van der Waals surface area contributed by atoms with E-state index in [0.717, 1.165) is 21.1 Å². The Labute approximate surface area is 105 Å². The van der Waals surface area contributed by atoms with E-state index in [-0.39, 0.29) is 12.9 Å². The van der Waals surface area contributed by atoms with Crippen LogP contribution in [0.25, 0.3) is 0 Å². The number of aliphatic hydroxyl groups is 4. The monoisotopic (exact) mass is 268 g/mol. The number of methoxy groups -OCH3 is 2. The van der Waals surface area contributed by atoms with Crippen LogP contribution in [0.4, 0.5) is 0 Å². The first-order valence-corrected chi connectivity index (χ1v) is 5.24. The summed E-state index contributed by atoms with van der Waals surface area (Å²) in [4.78, 5) is 10.9. The first-order valence-electron chi connectivity index (χ1n) is 5.24. The van der Waals surface area contributed by atoms with Crippen LogP contribution < -0.4 is 0 Å². The first kappa shape index (κ1) is 17.4. The van der Waals surface area contributed by atoms with Gasteiger partial charge in [0.2, 0.25) is 0 Å². The lowest BCUT2D eigenvalue weighted by Crippen LogP contribution is -2.74. The highest BCUT2D eigenvalue weighted by Crippen LogP contribution is 2.37. The number of ether oxygens (including phenoxy) is 3. The molecule has 0 amide bonds. The normalized spacial score (nSPS) is 23.6. The van der Waals surface area contributed by atoms with Gasteiger partial charge in [-0.15, -0.1) is 0 Å². The second-order valence-electron chi connectivity index (χ2n) is 3.67. The van der Waals surface area contributed by atoms with Gasteiger partial charge in [0.15, 0.2) is 6.29 Å². The molecule has 0 aromatic heterocycles. The van der Waals surface area contributed by atoms with Gasteiger partial charge < -0.3 is 34.6 Å². The molecule has 0 aliphatic heterocycles. The van der Waals surface area contributed by atoms with E-state index >= 15 is 0 Å².